The molecule has 1 aliphatic heterocycles. The molecule has 1 heterocycles. The van der Waals surface area contributed by atoms with E-state index >= 15 is 0 Å². The number of hydrogen-bond acceptors (Lipinski definition) is 4. The fourth-order valence-electron chi connectivity index (χ4n) is 4.67. The molecule has 1 saturated heterocycles. The Bertz CT molecular complexity index is 848. The van der Waals surface area contributed by atoms with Crippen LogP contribution in [0.1, 0.15) is 34.3 Å². The Morgan fingerprint density at radius 1 is 1.11 bits per heavy atom. The van der Waals surface area contributed by atoms with Crippen LogP contribution in [0.2, 0.25) is 0 Å². The van der Waals surface area contributed by atoms with Gasteiger partial charge in [0.1, 0.15) is 11.6 Å². The summed E-state index contributed by atoms with van der Waals surface area (Å²) in [4.78, 5) is 15.5. The SMILES string of the molecule is COc1ccccc1C1c2cc(F)ccc2C(=O)C(C)C1N1CCNCC1. The average Bonchev–Trinajstić information content (AvgIpc) is 2.71. The maximum absolute atomic E-state index is 14.2. The van der Waals surface area contributed by atoms with E-state index in [1.165, 1.54) is 12.1 Å². The van der Waals surface area contributed by atoms with E-state index in [2.05, 4.69) is 10.2 Å². The van der Waals surface area contributed by atoms with Crippen molar-refractivity contribution in [2.75, 3.05) is 33.3 Å². The number of nitrogens with zero attached hydrogens (tertiary/aromatic N) is 1. The van der Waals surface area contributed by atoms with Gasteiger partial charge in [-0.25, -0.2) is 4.39 Å². The molecule has 5 heteroatoms. The number of para-hydroxylation sites is 1. The van der Waals surface area contributed by atoms with E-state index in [0.717, 1.165) is 43.1 Å². The molecule has 1 aliphatic carbocycles. The second-order valence-corrected chi connectivity index (χ2v) is 7.38. The van der Waals surface area contributed by atoms with Crippen LogP contribution in [0.4, 0.5) is 4.39 Å². The van der Waals surface area contributed by atoms with E-state index in [-0.39, 0.29) is 29.5 Å². The number of ketones is 1. The van der Waals surface area contributed by atoms with E-state index in [1.54, 1.807) is 13.2 Å². The summed E-state index contributed by atoms with van der Waals surface area (Å²) in [7, 11) is 1.66. The van der Waals surface area contributed by atoms with Crippen LogP contribution in [0.15, 0.2) is 42.5 Å². The van der Waals surface area contributed by atoms with Crippen LogP contribution in [-0.2, 0) is 0 Å². The van der Waals surface area contributed by atoms with Crippen molar-refractivity contribution in [2.24, 2.45) is 5.92 Å². The third-order valence-electron chi connectivity index (χ3n) is 5.93. The summed E-state index contributed by atoms with van der Waals surface area (Å²) in [6.45, 7) is 5.54. The largest absolute Gasteiger partial charge is 0.496 e. The van der Waals surface area contributed by atoms with E-state index in [9.17, 15) is 9.18 Å². The van der Waals surface area contributed by atoms with Gasteiger partial charge in [-0.05, 0) is 29.8 Å². The number of carbonyl (C=O) groups is 1. The Morgan fingerprint density at radius 3 is 2.59 bits per heavy atom. The first kappa shape index (κ1) is 18.1. The van der Waals surface area contributed by atoms with Crippen molar-refractivity contribution >= 4 is 5.78 Å². The van der Waals surface area contributed by atoms with Gasteiger partial charge in [-0.1, -0.05) is 25.1 Å². The third kappa shape index (κ3) is 3.15. The van der Waals surface area contributed by atoms with Crippen LogP contribution >= 0.6 is 0 Å². The summed E-state index contributed by atoms with van der Waals surface area (Å²) in [6.07, 6.45) is 0. The van der Waals surface area contributed by atoms with Gasteiger partial charge in [0.25, 0.3) is 0 Å². The van der Waals surface area contributed by atoms with Gasteiger partial charge in [-0.2, -0.15) is 0 Å². The second-order valence-electron chi connectivity index (χ2n) is 7.38. The number of ether oxygens (including phenoxy) is 1. The standard InChI is InChI=1S/C22H25FN2O2/c1-14-21(25-11-9-24-10-12-25)20(17-5-3-4-6-19(17)27-2)18-13-15(23)7-8-16(18)22(14)26/h3-8,13-14,20-21,24H,9-12H2,1-2H3. The van der Waals surface area contributed by atoms with Gasteiger partial charge >= 0.3 is 0 Å². The number of piperazine rings is 1. The van der Waals surface area contributed by atoms with Crippen molar-refractivity contribution in [1.29, 1.82) is 0 Å². The molecule has 0 bridgehead atoms. The highest BCUT2D eigenvalue weighted by molar-refractivity contribution is 6.01. The average molecular weight is 368 g/mol. The van der Waals surface area contributed by atoms with Gasteiger partial charge in [0.05, 0.1) is 7.11 Å². The van der Waals surface area contributed by atoms with E-state index in [4.69, 9.17) is 4.74 Å². The third-order valence-corrected chi connectivity index (χ3v) is 5.93. The molecule has 1 fully saturated rings. The smallest absolute Gasteiger partial charge is 0.167 e. The number of carbonyl (C=O) groups excluding carboxylic acids is 1. The molecule has 4 rings (SSSR count). The van der Waals surface area contributed by atoms with Crippen LogP contribution in [0.25, 0.3) is 0 Å². The zero-order chi connectivity index (χ0) is 19.0. The highest BCUT2D eigenvalue weighted by atomic mass is 19.1. The molecule has 27 heavy (non-hydrogen) atoms. The monoisotopic (exact) mass is 368 g/mol. The van der Waals surface area contributed by atoms with Crippen molar-refractivity contribution in [3.8, 4) is 5.75 Å². The molecule has 142 valence electrons. The van der Waals surface area contributed by atoms with Crippen LogP contribution in [0.5, 0.6) is 5.75 Å². The molecule has 3 unspecified atom stereocenters. The highest BCUT2D eigenvalue weighted by Crippen LogP contribution is 2.45. The summed E-state index contributed by atoms with van der Waals surface area (Å²) in [5.41, 5.74) is 2.41. The maximum Gasteiger partial charge on any atom is 0.167 e. The number of nitrogens with one attached hydrogen (secondary N) is 1. The predicted octanol–water partition coefficient (Wildman–Crippen LogP) is 3.07. The number of benzene rings is 2. The normalized spacial score (nSPS) is 25.9. The van der Waals surface area contributed by atoms with Gasteiger partial charge in [0, 0.05) is 55.2 Å². The number of Topliss-reactive ketones (excluding diaryl/α,β-unsaturated/α-hetero) is 1. The Hall–Kier alpha value is -2.24. The van der Waals surface area contributed by atoms with Gasteiger partial charge in [-0.3, -0.25) is 9.69 Å². The lowest BCUT2D eigenvalue weighted by atomic mass is 9.69. The molecular weight excluding hydrogens is 343 g/mol. The Labute approximate surface area is 159 Å². The molecule has 0 radical (unpaired) electrons. The molecule has 0 spiro atoms. The van der Waals surface area contributed by atoms with E-state index in [0.29, 0.717) is 5.56 Å². The first-order chi connectivity index (χ1) is 13.1. The van der Waals surface area contributed by atoms with Gasteiger partial charge in [0.15, 0.2) is 5.78 Å². The molecule has 0 amide bonds. The Morgan fingerprint density at radius 2 is 1.85 bits per heavy atom. The van der Waals surface area contributed by atoms with Crippen molar-refractivity contribution in [1.82, 2.24) is 10.2 Å². The Balaban J connectivity index is 1.92. The summed E-state index contributed by atoms with van der Waals surface area (Å²) >= 11 is 0. The van der Waals surface area contributed by atoms with E-state index < -0.39 is 0 Å². The Kier molecular flexibility index (Phi) is 4.98. The number of halogens is 1. The molecule has 0 aromatic heterocycles. The van der Waals surface area contributed by atoms with Gasteiger partial charge in [0.2, 0.25) is 0 Å². The number of hydrogen-bond donors (Lipinski definition) is 1. The molecule has 4 nitrogen and oxygen atoms in total. The van der Waals surface area contributed by atoms with Gasteiger partial charge < -0.3 is 10.1 Å². The van der Waals surface area contributed by atoms with Crippen LogP contribution in [0, 0.1) is 11.7 Å². The minimum atomic E-state index is -0.310. The van der Waals surface area contributed by atoms with Crippen LogP contribution in [0.3, 0.4) is 0 Å². The molecular formula is C22H25FN2O2. The summed E-state index contributed by atoms with van der Waals surface area (Å²) < 4.78 is 19.8. The van der Waals surface area contributed by atoms with Crippen molar-refractivity contribution < 1.29 is 13.9 Å². The topological polar surface area (TPSA) is 41.6 Å². The fourth-order valence-corrected chi connectivity index (χ4v) is 4.67. The first-order valence-corrected chi connectivity index (χ1v) is 9.53. The summed E-state index contributed by atoms with van der Waals surface area (Å²) in [5.74, 6) is 0.280. The highest BCUT2D eigenvalue weighted by Gasteiger charge is 2.44. The zero-order valence-corrected chi connectivity index (χ0v) is 15.7. The van der Waals surface area contributed by atoms with Crippen LogP contribution in [-0.4, -0.2) is 50.0 Å². The molecule has 0 saturated carbocycles. The number of fused-ring (bicyclic) bond motifs is 1. The lowest BCUT2D eigenvalue weighted by Crippen LogP contribution is -2.55. The second kappa shape index (κ2) is 7.41. The first-order valence-electron chi connectivity index (χ1n) is 9.53. The quantitative estimate of drug-likeness (QED) is 0.904. The number of rotatable bonds is 3. The fraction of sp³-hybridized carbons (Fsp3) is 0.409. The van der Waals surface area contributed by atoms with Gasteiger partial charge in [-0.15, -0.1) is 0 Å². The molecule has 3 atom stereocenters. The summed E-state index contributed by atoms with van der Waals surface area (Å²) in [6, 6.07) is 12.4. The lowest BCUT2D eigenvalue weighted by molar-refractivity contribution is 0.0698. The minimum absolute atomic E-state index is 0.0230. The van der Waals surface area contributed by atoms with Crippen molar-refractivity contribution in [3.05, 3.63) is 65.0 Å². The predicted molar refractivity (Wildman–Crippen MR) is 103 cm³/mol. The lowest BCUT2D eigenvalue weighted by Gasteiger charge is -2.45. The minimum Gasteiger partial charge on any atom is -0.496 e. The van der Waals surface area contributed by atoms with E-state index in [1.807, 2.05) is 31.2 Å². The summed E-state index contributed by atoms with van der Waals surface area (Å²) in [5, 5.41) is 3.37. The number of methoxy groups -OCH3 is 1. The zero-order valence-electron chi connectivity index (χ0n) is 15.7. The maximum atomic E-state index is 14.2. The molecule has 2 aromatic carbocycles. The van der Waals surface area contributed by atoms with Crippen LogP contribution < -0.4 is 10.1 Å². The van der Waals surface area contributed by atoms with Crippen molar-refractivity contribution in [3.63, 3.8) is 0 Å². The molecule has 2 aliphatic rings. The van der Waals surface area contributed by atoms with Crippen molar-refractivity contribution in [2.45, 2.75) is 18.9 Å². The molecule has 2 aromatic rings. The molecule has 1 N–H and O–H groups in total.